The Morgan fingerprint density at radius 2 is 1.58 bits per heavy atom. The van der Waals surface area contributed by atoms with Crippen molar-refractivity contribution in [2.75, 3.05) is 26.2 Å². The van der Waals surface area contributed by atoms with Gasteiger partial charge in [0.2, 0.25) is 0 Å². The van der Waals surface area contributed by atoms with Crippen molar-refractivity contribution in [3.8, 4) is 5.75 Å². The summed E-state index contributed by atoms with van der Waals surface area (Å²) in [5.74, 6) is 0.867. The molecule has 5 rings (SSSR count). The summed E-state index contributed by atoms with van der Waals surface area (Å²) in [5, 5.41) is 2.87. The molecule has 4 heteroatoms. The largest absolute Gasteiger partial charge is 0.493 e. The Morgan fingerprint density at radius 3 is 2.39 bits per heavy atom. The lowest BCUT2D eigenvalue weighted by Gasteiger charge is -2.42. The van der Waals surface area contributed by atoms with Gasteiger partial charge in [0.15, 0.2) is 0 Å². The summed E-state index contributed by atoms with van der Waals surface area (Å²) in [4.78, 5) is 0. The molecular formula is C27H29ClNO2+. The minimum absolute atomic E-state index is 0.688. The number of hydrogen-bond acceptors (Lipinski definition) is 2. The monoisotopic (exact) mass is 434 g/mol. The second-order valence-electron chi connectivity index (χ2n) is 8.82. The van der Waals surface area contributed by atoms with E-state index >= 15 is 0 Å². The molecule has 1 saturated heterocycles. The maximum absolute atomic E-state index is 6.12. The van der Waals surface area contributed by atoms with E-state index in [1.807, 2.05) is 30.3 Å². The van der Waals surface area contributed by atoms with Crippen molar-refractivity contribution in [1.82, 2.24) is 0 Å². The topological polar surface area (TPSA) is 22.4 Å². The molecule has 31 heavy (non-hydrogen) atoms. The molecule has 1 aromatic heterocycles. The number of ether oxygens (including phenoxy) is 1. The van der Waals surface area contributed by atoms with Crippen molar-refractivity contribution in [1.29, 1.82) is 0 Å². The molecule has 1 aliphatic rings. The van der Waals surface area contributed by atoms with Crippen molar-refractivity contribution in [2.45, 2.75) is 32.2 Å². The van der Waals surface area contributed by atoms with Crippen LogP contribution in [-0.2, 0) is 6.54 Å². The van der Waals surface area contributed by atoms with Crippen LogP contribution in [0.15, 0.2) is 71.1 Å². The van der Waals surface area contributed by atoms with E-state index in [4.69, 9.17) is 20.8 Å². The van der Waals surface area contributed by atoms with Crippen LogP contribution in [0.1, 0.15) is 31.2 Å². The highest BCUT2D eigenvalue weighted by Gasteiger charge is 2.29. The number of halogens is 1. The van der Waals surface area contributed by atoms with Crippen LogP contribution in [0.4, 0.5) is 0 Å². The van der Waals surface area contributed by atoms with E-state index in [9.17, 15) is 0 Å². The molecule has 0 spiro atoms. The molecule has 0 aliphatic carbocycles. The van der Waals surface area contributed by atoms with Gasteiger partial charge in [-0.1, -0.05) is 41.9 Å². The van der Waals surface area contributed by atoms with Gasteiger partial charge in [0.25, 0.3) is 0 Å². The second-order valence-corrected chi connectivity index (χ2v) is 9.26. The second kappa shape index (κ2) is 8.94. The lowest BCUT2D eigenvalue weighted by Crippen LogP contribution is -2.51. The molecule has 0 atom stereocenters. The first-order valence-electron chi connectivity index (χ1n) is 11.3. The minimum atomic E-state index is 0.688. The van der Waals surface area contributed by atoms with Crippen molar-refractivity contribution >= 4 is 33.5 Å². The first-order chi connectivity index (χ1) is 15.2. The highest BCUT2D eigenvalue weighted by Crippen LogP contribution is 2.32. The standard InChI is InChI=1S/C27H29ClNO2/c28-22-10-12-24-25-13-11-23(19-27(25)31-26(24)18-22)30-17-7-16-29(14-5-2-6-15-29)20-21-8-3-1-4-9-21/h1,3-4,8-13,18-19H,2,5-7,14-17,20H2/q+1. The molecule has 1 aliphatic heterocycles. The zero-order chi connectivity index (χ0) is 21.1. The number of fused-ring (bicyclic) bond motifs is 3. The molecule has 3 nitrogen and oxygen atoms in total. The zero-order valence-corrected chi connectivity index (χ0v) is 18.6. The van der Waals surface area contributed by atoms with E-state index in [2.05, 4.69) is 36.4 Å². The van der Waals surface area contributed by atoms with Crippen LogP contribution in [0.5, 0.6) is 5.75 Å². The van der Waals surface area contributed by atoms with Gasteiger partial charge in [-0.15, -0.1) is 0 Å². The molecule has 0 amide bonds. The van der Waals surface area contributed by atoms with Gasteiger partial charge in [-0.05, 0) is 43.5 Å². The Hall–Kier alpha value is -2.49. The van der Waals surface area contributed by atoms with Crippen LogP contribution in [-0.4, -0.2) is 30.7 Å². The molecule has 3 aromatic carbocycles. The number of benzene rings is 3. The van der Waals surface area contributed by atoms with Gasteiger partial charge >= 0.3 is 0 Å². The summed E-state index contributed by atoms with van der Waals surface area (Å²) in [7, 11) is 0. The number of quaternary nitrogens is 1. The number of piperidine rings is 1. The molecular weight excluding hydrogens is 406 g/mol. The molecule has 0 unspecified atom stereocenters. The van der Waals surface area contributed by atoms with E-state index in [1.54, 1.807) is 0 Å². The highest BCUT2D eigenvalue weighted by molar-refractivity contribution is 6.31. The van der Waals surface area contributed by atoms with Crippen LogP contribution < -0.4 is 4.74 Å². The van der Waals surface area contributed by atoms with Gasteiger partial charge in [0.1, 0.15) is 23.5 Å². The number of hydrogen-bond donors (Lipinski definition) is 0. The number of furan rings is 1. The highest BCUT2D eigenvalue weighted by atomic mass is 35.5. The summed E-state index contributed by atoms with van der Waals surface area (Å²) in [6.07, 6.45) is 5.09. The molecule has 4 aromatic rings. The summed E-state index contributed by atoms with van der Waals surface area (Å²) >= 11 is 6.10. The fraction of sp³-hybridized carbons (Fsp3) is 0.333. The molecule has 2 heterocycles. The maximum Gasteiger partial charge on any atom is 0.139 e. The van der Waals surface area contributed by atoms with E-state index in [0.717, 1.165) is 47.3 Å². The fourth-order valence-corrected chi connectivity index (χ4v) is 5.19. The maximum atomic E-state index is 6.12. The summed E-state index contributed by atoms with van der Waals surface area (Å²) < 4.78 is 13.3. The zero-order valence-electron chi connectivity index (χ0n) is 17.9. The molecule has 0 radical (unpaired) electrons. The van der Waals surface area contributed by atoms with Gasteiger partial charge in [-0.25, -0.2) is 0 Å². The number of likely N-dealkylation sites (tertiary alicyclic amines) is 1. The Kier molecular flexibility index (Phi) is 5.89. The van der Waals surface area contributed by atoms with E-state index in [0.29, 0.717) is 5.02 Å². The first kappa shape index (κ1) is 20.4. The molecule has 160 valence electrons. The molecule has 0 N–H and O–H groups in total. The summed E-state index contributed by atoms with van der Waals surface area (Å²) in [5.41, 5.74) is 3.11. The third-order valence-electron chi connectivity index (χ3n) is 6.58. The van der Waals surface area contributed by atoms with Crippen molar-refractivity contribution in [3.63, 3.8) is 0 Å². The van der Waals surface area contributed by atoms with Crippen LogP contribution >= 0.6 is 11.6 Å². The molecule has 0 saturated carbocycles. The lowest BCUT2D eigenvalue weighted by atomic mass is 10.0. The summed E-state index contributed by atoms with van der Waals surface area (Å²) in [6, 6.07) is 22.8. The van der Waals surface area contributed by atoms with Crippen LogP contribution in [0.3, 0.4) is 0 Å². The average Bonchev–Trinajstić information content (AvgIpc) is 3.14. The predicted octanol–water partition coefficient (Wildman–Crippen LogP) is 7.21. The van der Waals surface area contributed by atoms with Gasteiger partial charge in [-0.3, -0.25) is 0 Å². The van der Waals surface area contributed by atoms with Crippen LogP contribution in [0.2, 0.25) is 5.02 Å². The van der Waals surface area contributed by atoms with Gasteiger partial charge in [-0.2, -0.15) is 0 Å². The van der Waals surface area contributed by atoms with Crippen LogP contribution in [0, 0.1) is 0 Å². The smallest absolute Gasteiger partial charge is 0.139 e. The third-order valence-corrected chi connectivity index (χ3v) is 6.81. The van der Waals surface area contributed by atoms with Gasteiger partial charge in [0, 0.05) is 39.9 Å². The fourth-order valence-electron chi connectivity index (χ4n) is 5.03. The van der Waals surface area contributed by atoms with E-state index < -0.39 is 0 Å². The third kappa shape index (κ3) is 4.58. The van der Waals surface area contributed by atoms with E-state index in [-0.39, 0.29) is 0 Å². The predicted molar refractivity (Wildman–Crippen MR) is 128 cm³/mol. The molecule has 1 fully saturated rings. The molecule has 0 bridgehead atoms. The first-order valence-corrected chi connectivity index (χ1v) is 11.7. The quantitative estimate of drug-likeness (QED) is 0.226. The summed E-state index contributed by atoms with van der Waals surface area (Å²) in [6.45, 7) is 5.59. The Labute approximate surface area is 188 Å². The average molecular weight is 435 g/mol. The normalized spacial score (nSPS) is 16.0. The number of rotatable bonds is 7. The van der Waals surface area contributed by atoms with Gasteiger partial charge < -0.3 is 13.6 Å². The van der Waals surface area contributed by atoms with E-state index in [1.165, 1.54) is 48.9 Å². The van der Waals surface area contributed by atoms with Gasteiger partial charge in [0.05, 0.1) is 26.2 Å². The van der Waals surface area contributed by atoms with Crippen molar-refractivity contribution < 1.29 is 13.6 Å². The lowest BCUT2D eigenvalue weighted by molar-refractivity contribution is -0.945. The number of nitrogens with zero attached hydrogens (tertiary/aromatic N) is 1. The Morgan fingerprint density at radius 1 is 0.839 bits per heavy atom. The SMILES string of the molecule is Clc1ccc2c(c1)oc1cc(OCCC[N+]3(Cc4ccccc4)CCCCC3)ccc12. The van der Waals surface area contributed by atoms with Crippen LogP contribution in [0.25, 0.3) is 21.9 Å². The Bertz CT molecular complexity index is 1160. The van der Waals surface area contributed by atoms with Crippen molar-refractivity contribution in [2.24, 2.45) is 0 Å². The van der Waals surface area contributed by atoms with Crippen molar-refractivity contribution in [3.05, 3.63) is 77.3 Å². The Balaban J connectivity index is 1.23. The minimum Gasteiger partial charge on any atom is -0.493 e.